The third kappa shape index (κ3) is 5.34. The average molecular weight is 304 g/mol. The maximum Gasteiger partial charge on any atom is 0.412 e. The number of carbonyl (C=O) groups excluding carboxylic acids is 1. The number of rotatable bonds is 3. The first kappa shape index (κ1) is 16.8. The van der Waals surface area contributed by atoms with Crippen LogP contribution in [-0.2, 0) is 11.2 Å². The van der Waals surface area contributed by atoms with E-state index in [1.165, 1.54) is 18.4 Å². The molecule has 122 valence electrons. The molecule has 1 amide bonds. The molecule has 0 aliphatic carbocycles. The molecular formula is C18H28N2O2. The lowest BCUT2D eigenvalue weighted by atomic mass is 9.92. The molecule has 0 radical (unpaired) electrons. The summed E-state index contributed by atoms with van der Waals surface area (Å²) in [5, 5.41) is 6.32. The molecule has 2 rings (SSSR count). The Morgan fingerprint density at radius 3 is 2.82 bits per heavy atom. The van der Waals surface area contributed by atoms with Crippen LogP contribution < -0.4 is 10.6 Å². The van der Waals surface area contributed by atoms with Gasteiger partial charge in [-0.2, -0.15) is 0 Å². The molecule has 2 N–H and O–H groups in total. The van der Waals surface area contributed by atoms with Crippen molar-refractivity contribution >= 4 is 11.8 Å². The lowest BCUT2D eigenvalue weighted by Gasteiger charge is -2.23. The molecule has 4 nitrogen and oxygen atoms in total. The second kappa shape index (κ2) is 7.14. The van der Waals surface area contributed by atoms with E-state index in [9.17, 15) is 4.79 Å². The van der Waals surface area contributed by atoms with Crippen LogP contribution >= 0.6 is 0 Å². The molecule has 0 bridgehead atoms. The summed E-state index contributed by atoms with van der Waals surface area (Å²) in [5.74, 6) is 0.686. The van der Waals surface area contributed by atoms with Gasteiger partial charge < -0.3 is 10.1 Å². The molecule has 1 aliphatic heterocycles. The fraction of sp³-hybridized carbons (Fsp3) is 0.611. The smallest absolute Gasteiger partial charge is 0.412 e. The Hall–Kier alpha value is -1.55. The van der Waals surface area contributed by atoms with Crippen LogP contribution in [0.15, 0.2) is 18.2 Å². The minimum Gasteiger partial charge on any atom is -0.444 e. The molecule has 1 aliphatic rings. The van der Waals surface area contributed by atoms with Gasteiger partial charge in [0.1, 0.15) is 5.60 Å². The van der Waals surface area contributed by atoms with Gasteiger partial charge in [-0.15, -0.1) is 0 Å². The van der Waals surface area contributed by atoms with Crippen molar-refractivity contribution < 1.29 is 9.53 Å². The van der Waals surface area contributed by atoms with Crippen LogP contribution in [0.1, 0.15) is 44.7 Å². The van der Waals surface area contributed by atoms with E-state index in [4.69, 9.17) is 4.74 Å². The molecule has 4 heteroatoms. The van der Waals surface area contributed by atoms with Crippen LogP contribution in [0.2, 0.25) is 0 Å². The number of nitrogens with one attached hydrogen (secondary N) is 2. The molecule has 0 spiro atoms. The van der Waals surface area contributed by atoms with Crippen LogP contribution in [0.4, 0.5) is 10.5 Å². The standard InChI is InChI=1S/C18H28N2O2/c1-13-7-8-14(10-15-6-5-9-19-12-15)11-16(13)20-17(21)22-18(2,3)4/h7-8,11,15,19H,5-6,9-10,12H2,1-4H3,(H,20,21). The van der Waals surface area contributed by atoms with Crippen molar-refractivity contribution in [3.63, 3.8) is 0 Å². The summed E-state index contributed by atoms with van der Waals surface area (Å²) in [6.07, 6.45) is 3.18. The SMILES string of the molecule is Cc1ccc(CC2CCCNC2)cc1NC(=O)OC(C)(C)C. The highest BCUT2D eigenvalue weighted by Gasteiger charge is 2.18. The van der Waals surface area contributed by atoms with Crippen molar-refractivity contribution in [3.05, 3.63) is 29.3 Å². The zero-order valence-electron chi connectivity index (χ0n) is 14.2. The monoisotopic (exact) mass is 304 g/mol. The topological polar surface area (TPSA) is 50.4 Å². The lowest BCUT2D eigenvalue weighted by Crippen LogP contribution is -2.30. The predicted octanol–water partition coefficient (Wildman–Crippen LogP) is 3.88. The normalized spacial score (nSPS) is 18.8. The first-order valence-electron chi connectivity index (χ1n) is 8.14. The van der Waals surface area contributed by atoms with Gasteiger partial charge in [-0.3, -0.25) is 5.32 Å². The summed E-state index contributed by atoms with van der Waals surface area (Å²) >= 11 is 0. The van der Waals surface area contributed by atoms with E-state index in [1.807, 2.05) is 27.7 Å². The van der Waals surface area contributed by atoms with Gasteiger partial charge in [0.15, 0.2) is 0 Å². The minimum absolute atomic E-state index is 0.396. The largest absolute Gasteiger partial charge is 0.444 e. The third-order valence-electron chi connectivity index (χ3n) is 3.86. The van der Waals surface area contributed by atoms with E-state index in [0.717, 1.165) is 30.8 Å². The summed E-state index contributed by atoms with van der Waals surface area (Å²) in [6.45, 7) is 9.82. The summed E-state index contributed by atoms with van der Waals surface area (Å²) in [6, 6.07) is 6.30. The van der Waals surface area contributed by atoms with Crippen molar-refractivity contribution in [2.24, 2.45) is 5.92 Å². The molecule has 0 aromatic heterocycles. The van der Waals surface area contributed by atoms with E-state index in [0.29, 0.717) is 5.92 Å². The maximum atomic E-state index is 11.9. The Balaban J connectivity index is 2.01. The van der Waals surface area contributed by atoms with Gasteiger partial charge in [0.2, 0.25) is 0 Å². The maximum absolute atomic E-state index is 11.9. The lowest BCUT2D eigenvalue weighted by molar-refractivity contribution is 0.0636. The highest BCUT2D eigenvalue weighted by atomic mass is 16.6. The average Bonchev–Trinajstić information content (AvgIpc) is 2.41. The van der Waals surface area contributed by atoms with Crippen LogP contribution in [0.25, 0.3) is 0 Å². The quantitative estimate of drug-likeness (QED) is 0.891. The van der Waals surface area contributed by atoms with Crippen molar-refractivity contribution in [3.8, 4) is 0 Å². The molecule has 1 heterocycles. The van der Waals surface area contributed by atoms with E-state index in [1.54, 1.807) is 0 Å². The van der Waals surface area contributed by atoms with Crippen molar-refractivity contribution in [1.29, 1.82) is 0 Å². The van der Waals surface area contributed by atoms with Gasteiger partial charge in [-0.05, 0) is 83.2 Å². The van der Waals surface area contributed by atoms with Gasteiger partial charge >= 0.3 is 6.09 Å². The first-order valence-corrected chi connectivity index (χ1v) is 8.14. The molecule has 1 aromatic rings. The Labute approximate surface area is 133 Å². The zero-order chi connectivity index (χ0) is 16.2. The zero-order valence-corrected chi connectivity index (χ0v) is 14.2. The van der Waals surface area contributed by atoms with Crippen LogP contribution in [0.3, 0.4) is 0 Å². The number of anilines is 1. The Morgan fingerprint density at radius 1 is 1.41 bits per heavy atom. The summed E-state index contributed by atoms with van der Waals surface area (Å²) in [7, 11) is 0. The fourth-order valence-corrected chi connectivity index (χ4v) is 2.78. The molecule has 22 heavy (non-hydrogen) atoms. The molecular weight excluding hydrogens is 276 g/mol. The number of aryl methyl sites for hydroxylation is 1. The number of benzene rings is 1. The molecule has 1 atom stereocenters. The van der Waals surface area contributed by atoms with Crippen molar-refractivity contribution in [2.45, 2.75) is 52.6 Å². The summed E-state index contributed by atoms with van der Waals surface area (Å²) in [4.78, 5) is 11.9. The molecule has 1 aromatic carbocycles. The number of piperidine rings is 1. The number of carbonyl (C=O) groups is 1. The Bertz CT molecular complexity index is 514. The van der Waals surface area contributed by atoms with Crippen molar-refractivity contribution in [2.75, 3.05) is 18.4 Å². The van der Waals surface area contributed by atoms with Crippen LogP contribution in [-0.4, -0.2) is 24.8 Å². The number of hydrogen-bond donors (Lipinski definition) is 2. The Kier molecular flexibility index (Phi) is 5.46. The number of hydrogen-bond acceptors (Lipinski definition) is 3. The molecule has 1 unspecified atom stereocenters. The van der Waals surface area contributed by atoms with Crippen LogP contribution in [0.5, 0.6) is 0 Å². The second-order valence-electron chi connectivity index (χ2n) is 7.19. The fourth-order valence-electron chi connectivity index (χ4n) is 2.78. The second-order valence-corrected chi connectivity index (χ2v) is 7.19. The van der Waals surface area contributed by atoms with E-state index in [2.05, 4.69) is 28.8 Å². The first-order chi connectivity index (χ1) is 10.3. The Morgan fingerprint density at radius 2 is 2.18 bits per heavy atom. The highest BCUT2D eigenvalue weighted by molar-refractivity contribution is 5.86. The van der Waals surface area contributed by atoms with E-state index < -0.39 is 11.7 Å². The molecule has 0 saturated carbocycles. The molecule has 1 saturated heterocycles. The summed E-state index contributed by atoms with van der Waals surface area (Å²) < 4.78 is 5.33. The number of ether oxygens (including phenoxy) is 1. The molecule has 1 fully saturated rings. The van der Waals surface area contributed by atoms with Gasteiger partial charge in [0.25, 0.3) is 0 Å². The third-order valence-corrected chi connectivity index (χ3v) is 3.86. The van der Waals surface area contributed by atoms with Gasteiger partial charge in [-0.1, -0.05) is 12.1 Å². The van der Waals surface area contributed by atoms with E-state index in [-0.39, 0.29) is 0 Å². The van der Waals surface area contributed by atoms with Gasteiger partial charge in [-0.25, -0.2) is 4.79 Å². The minimum atomic E-state index is -0.483. The van der Waals surface area contributed by atoms with E-state index >= 15 is 0 Å². The van der Waals surface area contributed by atoms with Crippen molar-refractivity contribution in [1.82, 2.24) is 5.32 Å². The van der Waals surface area contributed by atoms with Gasteiger partial charge in [0.05, 0.1) is 0 Å². The number of amides is 1. The van der Waals surface area contributed by atoms with Gasteiger partial charge in [0, 0.05) is 5.69 Å². The summed E-state index contributed by atoms with van der Waals surface area (Å²) in [5.41, 5.74) is 2.68. The highest BCUT2D eigenvalue weighted by Crippen LogP contribution is 2.22. The predicted molar refractivity (Wildman–Crippen MR) is 90.3 cm³/mol. The van der Waals surface area contributed by atoms with Crippen LogP contribution in [0, 0.1) is 12.8 Å².